The molecule has 1 fully saturated rings. The van der Waals surface area contributed by atoms with Crippen molar-refractivity contribution in [2.75, 3.05) is 18.1 Å². The number of carbonyl (C=O) groups is 1. The molecule has 0 spiro atoms. The van der Waals surface area contributed by atoms with Crippen molar-refractivity contribution in [3.05, 3.63) is 54.2 Å². The van der Waals surface area contributed by atoms with Crippen LogP contribution in [0.3, 0.4) is 0 Å². The maximum atomic E-state index is 13.0. The predicted molar refractivity (Wildman–Crippen MR) is 119 cm³/mol. The van der Waals surface area contributed by atoms with Gasteiger partial charge < -0.3 is 9.64 Å². The van der Waals surface area contributed by atoms with E-state index in [4.69, 9.17) is 4.74 Å². The quantitative estimate of drug-likeness (QED) is 0.655. The van der Waals surface area contributed by atoms with Crippen LogP contribution in [0.2, 0.25) is 0 Å². The summed E-state index contributed by atoms with van der Waals surface area (Å²) in [4.78, 5) is 23.4. The first-order chi connectivity index (χ1) is 14.6. The number of anilines is 1. The minimum absolute atomic E-state index is 0.156. The average Bonchev–Trinajstić information content (AvgIpc) is 3.00. The fourth-order valence-corrected chi connectivity index (χ4v) is 4.76. The Bertz CT molecular complexity index is 1080. The second-order valence-electron chi connectivity index (χ2n) is 8.24. The van der Waals surface area contributed by atoms with E-state index >= 15 is 0 Å². The van der Waals surface area contributed by atoms with Crippen LogP contribution >= 0.6 is 0 Å². The summed E-state index contributed by atoms with van der Waals surface area (Å²) in [5.41, 5.74) is 0.00991. The molecular weight excluding hydrogens is 416 g/mol. The molecule has 9 heteroatoms. The molecule has 166 valence electrons. The smallest absolute Gasteiger partial charge is 0.281 e. The largest absolute Gasteiger partial charge is 0.473 e. The molecule has 0 aliphatic carbocycles. The summed E-state index contributed by atoms with van der Waals surface area (Å²) < 4.78 is 33.1. The van der Waals surface area contributed by atoms with Gasteiger partial charge >= 0.3 is 0 Å². The molecule has 1 aliphatic rings. The highest BCUT2D eigenvalue weighted by molar-refractivity contribution is 7.90. The number of hydrogen-bond donors (Lipinski definition) is 1. The molecule has 1 amide bonds. The third-order valence-electron chi connectivity index (χ3n) is 5.12. The summed E-state index contributed by atoms with van der Waals surface area (Å²) in [6.45, 7) is 9.18. The van der Waals surface area contributed by atoms with Crippen molar-refractivity contribution in [1.29, 1.82) is 0 Å². The fraction of sp³-hybridized carbons (Fsp3) is 0.409. The summed E-state index contributed by atoms with van der Waals surface area (Å²) >= 11 is 0. The summed E-state index contributed by atoms with van der Waals surface area (Å²) in [5, 5.41) is -0.292. The Hall–Kier alpha value is -2.94. The van der Waals surface area contributed by atoms with E-state index in [2.05, 4.69) is 40.4 Å². The second-order valence-corrected chi connectivity index (χ2v) is 9.86. The normalized spacial score (nSPS) is 18.3. The molecule has 2 aromatic heterocycles. The molecule has 1 unspecified atom stereocenters. The van der Waals surface area contributed by atoms with Gasteiger partial charge in [-0.1, -0.05) is 25.1 Å². The molecule has 3 heterocycles. The zero-order valence-electron chi connectivity index (χ0n) is 18.2. The van der Waals surface area contributed by atoms with Gasteiger partial charge in [-0.2, -0.15) is 13.4 Å². The standard InChI is InChI=1S/C22H28N4O4S/c1-5-6-13-30-18-10-7-11-19(24-18)31(28,29)25-21(27)17-9-8-12-23-20(17)26-15-16(2)14-22(26,3)4/h5-12,16H,13-15H2,1-4H3,(H,25,27)/b6-5+. The predicted octanol–water partition coefficient (Wildman–Crippen LogP) is 3.18. The molecule has 2 aromatic rings. The highest BCUT2D eigenvalue weighted by Crippen LogP contribution is 2.37. The lowest BCUT2D eigenvalue weighted by molar-refractivity contribution is 0.0981. The van der Waals surface area contributed by atoms with Crippen LogP contribution in [-0.2, 0) is 10.0 Å². The number of sulfonamides is 1. The number of hydrogen-bond acceptors (Lipinski definition) is 7. The highest BCUT2D eigenvalue weighted by atomic mass is 32.2. The molecule has 0 aromatic carbocycles. The van der Waals surface area contributed by atoms with Gasteiger partial charge in [-0.15, -0.1) is 0 Å². The second kappa shape index (κ2) is 9.05. The number of amides is 1. The Labute approximate surface area is 183 Å². The van der Waals surface area contributed by atoms with E-state index in [0.29, 0.717) is 11.7 Å². The lowest BCUT2D eigenvalue weighted by atomic mass is 9.97. The van der Waals surface area contributed by atoms with Gasteiger partial charge in [-0.05, 0) is 51.3 Å². The van der Waals surface area contributed by atoms with Gasteiger partial charge in [-0.25, -0.2) is 9.71 Å². The number of rotatable bonds is 7. The van der Waals surface area contributed by atoms with E-state index in [1.54, 1.807) is 30.5 Å². The summed E-state index contributed by atoms with van der Waals surface area (Å²) in [5.74, 6) is 0.316. The Kier molecular flexibility index (Phi) is 6.64. The van der Waals surface area contributed by atoms with Crippen LogP contribution in [0, 0.1) is 5.92 Å². The summed E-state index contributed by atoms with van der Waals surface area (Å²) in [7, 11) is -4.20. The molecule has 0 saturated carbocycles. The fourth-order valence-electron chi connectivity index (χ4n) is 3.83. The molecule has 1 atom stereocenters. The van der Waals surface area contributed by atoms with E-state index in [9.17, 15) is 13.2 Å². The van der Waals surface area contributed by atoms with Crippen LogP contribution in [0.15, 0.2) is 53.7 Å². The number of carbonyl (C=O) groups excluding carboxylic acids is 1. The minimum atomic E-state index is -4.20. The van der Waals surface area contributed by atoms with Crippen molar-refractivity contribution in [1.82, 2.24) is 14.7 Å². The van der Waals surface area contributed by atoms with Crippen molar-refractivity contribution >= 4 is 21.7 Å². The van der Waals surface area contributed by atoms with E-state index in [-0.39, 0.29) is 28.6 Å². The van der Waals surface area contributed by atoms with Gasteiger partial charge in [0.25, 0.3) is 15.9 Å². The van der Waals surface area contributed by atoms with Gasteiger partial charge in [0, 0.05) is 24.3 Å². The molecule has 1 N–H and O–H groups in total. The lowest BCUT2D eigenvalue weighted by Crippen LogP contribution is -2.41. The number of aromatic nitrogens is 2. The van der Waals surface area contributed by atoms with Crippen LogP contribution < -0.4 is 14.4 Å². The summed E-state index contributed by atoms with van der Waals surface area (Å²) in [6, 6.07) is 7.58. The average molecular weight is 445 g/mol. The van der Waals surface area contributed by atoms with Crippen LogP contribution in [0.5, 0.6) is 5.88 Å². The van der Waals surface area contributed by atoms with E-state index in [1.165, 1.54) is 12.1 Å². The molecular formula is C22H28N4O4S. The van der Waals surface area contributed by atoms with E-state index in [0.717, 1.165) is 13.0 Å². The van der Waals surface area contributed by atoms with E-state index in [1.807, 2.05) is 13.0 Å². The molecule has 0 bridgehead atoms. The van der Waals surface area contributed by atoms with Crippen molar-refractivity contribution < 1.29 is 17.9 Å². The van der Waals surface area contributed by atoms with E-state index < -0.39 is 15.9 Å². The number of nitrogens with zero attached hydrogens (tertiary/aromatic N) is 3. The molecule has 31 heavy (non-hydrogen) atoms. The SMILES string of the molecule is C/C=C/COc1cccc(S(=O)(=O)NC(=O)c2cccnc2N2CC(C)CC2(C)C)n1. The third-order valence-corrected chi connectivity index (χ3v) is 6.36. The molecule has 1 saturated heterocycles. The highest BCUT2D eigenvalue weighted by Gasteiger charge is 2.39. The first-order valence-electron chi connectivity index (χ1n) is 10.1. The topological polar surface area (TPSA) is 101 Å². The third kappa shape index (κ3) is 5.22. The van der Waals surface area contributed by atoms with Gasteiger partial charge in [0.2, 0.25) is 5.88 Å². The van der Waals surface area contributed by atoms with Crippen LogP contribution in [0.1, 0.15) is 44.5 Å². The Morgan fingerprint density at radius 2 is 2.10 bits per heavy atom. The zero-order chi connectivity index (χ0) is 22.6. The van der Waals surface area contributed by atoms with Crippen molar-refractivity contribution in [3.63, 3.8) is 0 Å². The van der Waals surface area contributed by atoms with Crippen molar-refractivity contribution in [2.45, 2.75) is 44.7 Å². The lowest BCUT2D eigenvalue weighted by Gasteiger charge is -2.33. The van der Waals surface area contributed by atoms with Gasteiger partial charge in [0.05, 0.1) is 5.56 Å². The number of pyridine rings is 2. The van der Waals surface area contributed by atoms with Gasteiger partial charge in [0.1, 0.15) is 12.4 Å². The van der Waals surface area contributed by atoms with Crippen molar-refractivity contribution in [2.24, 2.45) is 5.92 Å². The Balaban J connectivity index is 1.85. The zero-order valence-corrected chi connectivity index (χ0v) is 19.0. The van der Waals surface area contributed by atoms with Crippen LogP contribution in [-0.4, -0.2) is 43.0 Å². The number of allylic oxidation sites excluding steroid dienone is 1. The van der Waals surface area contributed by atoms with Gasteiger partial charge in [-0.3, -0.25) is 4.79 Å². The van der Waals surface area contributed by atoms with Gasteiger partial charge in [0.15, 0.2) is 5.03 Å². The number of nitrogens with one attached hydrogen (secondary N) is 1. The maximum absolute atomic E-state index is 13.0. The molecule has 3 rings (SSSR count). The maximum Gasteiger partial charge on any atom is 0.281 e. The number of ether oxygens (including phenoxy) is 1. The Morgan fingerprint density at radius 3 is 2.77 bits per heavy atom. The van der Waals surface area contributed by atoms with Crippen LogP contribution in [0.25, 0.3) is 0 Å². The summed E-state index contributed by atoms with van der Waals surface area (Å²) in [6.07, 6.45) is 6.14. The molecule has 8 nitrogen and oxygen atoms in total. The molecule has 0 radical (unpaired) electrons. The Morgan fingerprint density at radius 1 is 1.32 bits per heavy atom. The van der Waals surface area contributed by atoms with Crippen molar-refractivity contribution in [3.8, 4) is 5.88 Å². The first-order valence-corrected chi connectivity index (χ1v) is 11.6. The first kappa shape index (κ1) is 22.7. The molecule has 1 aliphatic heterocycles. The van der Waals surface area contributed by atoms with Crippen LogP contribution in [0.4, 0.5) is 5.82 Å². The monoisotopic (exact) mass is 444 g/mol. The minimum Gasteiger partial charge on any atom is -0.473 e.